The van der Waals surface area contributed by atoms with Crippen LogP contribution in [0.4, 0.5) is 0 Å². The highest BCUT2D eigenvalue weighted by molar-refractivity contribution is 8.00. The highest BCUT2D eigenvalue weighted by Gasteiger charge is 2.35. The zero-order chi connectivity index (χ0) is 46.7. The molecule has 0 aromatic carbocycles. The number of nitrogens with one attached hydrogen (secondary N) is 1. The van der Waals surface area contributed by atoms with Gasteiger partial charge >= 0.3 is 17.9 Å². The second kappa shape index (κ2) is 42.8. The van der Waals surface area contributed by atoms with Crippen molar-refractivity contribution in [2.24, 2.45) is 0 Å². The Morgan fingerprint density at radius 3 is 1.10 bits per heavy atom. The first-order valence-corrected chi connectivity index (χ1v) is 27.9. The van der Waals surface area contributed by atoms with Gasteiger partial charge in [0.15, 0.2) is 4.93 Å². The van der Waals surface area contributed by atoms with E-state index in [-0.39, 0.29) is 36.6 Å². The van der Waals surface area contributed by atoms with Gasteiger partial charge in [0.2, 0.25) is 5.91 Å². The molecule has 1 N–H and O–H groups in total. The van der Waals surface area contributed by atoms with E-state index in [2.05, 4.69) is 26.1 Å². The predicted octanol–water partition coefficient (Wildman–Crippen LogP) is 16.2. The molecule has 0 radical (unpaired) electrons. The molecule has 0 aliphatic carbocycles. The Kier molecular flexibility index (Phi) is 41.6. The number of amides is 1. The van der Waals surface area contributed by atoms with Gasteiger partial charge in [0, 0.05) is 25.0 Å². The van der Waals surface area contributed by atoms with Gasteiger partial charge in [-0.05, 0) is 47.0 Å². The van der Waals surface area contributed by atoms with Crippen LogP contribution < -0.4 is 5.32 Å². The molecule has 372 valence electrons. The molecule has 0 saturated heterocycles. The third-order valence-electron chi connectivity index (χ3n) is 11.9. The van der Waals surface area contributed by atoms with E-state index in [1.54, 1.807) is 27.7 Å². The van der Waals surface area contributed by atoms with Gasteiger partial charge in [-0.2, -0.15) is 0 Å². The van der Waals surface area contributed by atoms with E-state index in [0.29, 0.717) is 12.8 Å². The van der Waals surface area contributed by atoms with E-state index in [0.717, 1.165) is 57.8 Å². The summed E-state index contributed by atoms with van der Waals surface area (Å²) in [5.74, 6) is -1.27. The summed E-state index contributed by atoms with van der Waals surface area (Å²) in [5, 5.41) is 2.93. The molecular weight excluding hydrogens is 807 g/mol. The third kappa shape index (κ3) is 42.6. The molecule has 0 saturated carbocycles. The van der Waals surface area contributed by atoms with Gasteiger partial charge in [0.05, 0.1) is 0 Å². The van der Waals surface area contributed by atoms with Crippen LogP contribution in [0.25, 0.3) is 0 Å². The van der Waals surface area contributed by atoms with Crippen molar-refractivity contribution in [2.75, 3.05) is 12.4 Å². The number of unbranched alkanes of at least 4 members (excludes halogenated alkanes) is 32. The first kappa shape index (κ1) is 61.2. The van der Waals surface area contributed by atoms with Gasteiger partial charge in [-0.15, -0.1) is 11.8 Å². The van der Waals surface area contributed by atoms with Crippen molar-refractivity contribution in [2.45, 2.75) is 309 Å². The lowest BCUT2D eigenvalue weighted by molar-refractivity contribution is -0.161. The Balaban J connectivity index is 5.12. The molecule has 0 aromatic rings. The van der Waals surface area contributed by atoms with E-state index in [1.165, 1.54) is 179 Å². The molecule has 0 aromatic heterocycles. The summed E-state index contributed by atoms with van der Waals surface area (Å²) in [4.78, 5) is 51.6. The van der Waals surface area contributed by atoms with Crippen LogP contribution in [0.1, 0.15) is 292 Å². The highest BCUT2D eigenvalue weighted by atomic mass is 32.2. The number of hydrogen-bond donors (Lipinski definition) is 1. The fourth-order valence-corrected chi connectivity index (χ4v) is 8.95. The van der Waals surface area contributed by atoms with Crippen LogP contribution in [0.5, 0.6) is 0 Å². The lowest BCUT2D eigenvalue weighted by Crippen LogP contribution is -2.47. The molecule has 0 spiro atoms. The number of ether oxygens (including phenoxy) is 3. The fourth-order valence-electron chi connectivity index (χ4n) is 7.91. The van der Waals surface area contributed by atoms with Crippen LogP contribution in [0.15, 0.2) is 0 Å². The number of esters is 3. The summed E-state index contributed by atoms with van der Waals surface area (Å²) in [6.07, 6.45) is 43.3. The minimum absolute atomic E-state index is 0.109. The molecular formula is C54H103NO7S. The number of carbonyl (C=O) groups is 4. The van der Waals surface area contributed by atoms with E-state index in [9.17, 15) is 19.2 Å². The maximum Gasteiger partial charge on any atom is 0.330 e. The Hall–Kier alpha value is -1.77. The van der Waals surface area contributed by atoms with Gasteiger partial charge < -0.3 is 19.5 Å². The Bertz CT molecular complexity index is 1090. The van der Waals surface area contributed by atoms with Crippen LogP contribution in [-0.4, -0.2) is 52.8 Å². The second-order valence-corrected chi connectivity index (χ2v) is 21.3. The number of thioether (sulfide) groups is 1. The van der Waals surface area contributed by atoms with Crippen LogP contribution in [0.3, 0.4) is 0 Å². The van der Waals surface area contributed by atoms with Crippen molar-refractivity contribution in [3.8, 4) is 0 Å². The summed E-state index contributed by atoms with van der Waals surface area (Å²) in [6.45, 7) is 13.8. The van der Waals surface area contributed by atoms with Crippen molar-refractivity contribution in [1.82, 2.24) is 5.32 Å². The molecule has 9 heteroatoms. The minimum atomic E-state index is -1.23. The monoisotopic (exact) mass is 910 g/mol. The Labute approximate surface area is 394 Å². The van der Waals surface area contributed by atoms with Gasteiger partial charge in [-0.3, -0.25) is 14.4 Å². The third-order valence-corrected chi connectivity index (χ3v) is 13.2. The van der Waals surface area contributed by atoms with Crippen LogP contribution in [-0.2, 0) is 33.4 Å². The minimum Gasteiger partial charge on any atom is -0.460 e. The smallest absolute Gasteiger partial charge is 0.330 e. The summed E-state index contributed by atoms with van der Waals surface area (Å²) >= 11 is 1.21. The number of rotatable bonds is 46. The Morgan fingerprint density at radius 1 is 0.429 bits per heavy atom. The van der Waals surface area contributed by atoms with Crippen LogP contribution in [0.2, 0.25) is 0 Å². The molecule has 0 fully saturated rings. The van der Waals surface area contributed by atoms with Gasteiger partial charge in [-0.25, -0.2) is 4.79 Å². The number of carbonyl (C=O) groups excluding carboxylic acids is 4. The van der Waals surface area contributed by atoms with Crippen LogP contribution >= 0.6 is 11.8 Å². The molecule has 0 aliphatic rings. The normalized spacial score (nSPS) is 13.1. The zero-order valence-corrected chi connectivity index (χ0v) is 43.4. The lowest BCUT2D eigenvalue weighted by atomic mass is 10.0. The van der Waals surface area contributed by atoms with Gasteiger partial charge in [-0.1, -0.05) is 226 Å². The SMILES string of the molecule is CCCCCCCCCCCCCCCC(=O)N[C@@H](CSC(C)(COC(=O)CCCCCCCCCCCCCCC)OC(=O)CCCCCCCCCCC)C(=O)OC(C)(C)C. The molecule has 2 atom stereocenters. The standard InChI is InChI=1S/C54H103NO7S/c1-8-11-14-17-20-23-25-27-29-32-34-37-40-43-49(56)55-48(52(59)62-53(4,5)6)46-63-54(7,61-51(58)45-42-39-36-31-22-19-16-13-10-3)47-60-50(57)44-41-38-35-33-30-28-26-24-21-18-15-12-9-2/h48H,8-47H2,1-7H3,(H,55,56)/t48-,54?/m0/s1. The zero-order valence-electron chi connectivity index (χ0n) is 42.6. The second-order valence-electron chi connectivity index (χ2n) is 19.8. The molecule has 1 unspecified atom stereocenters. The maximum absolute atomic E-state index is 13.4. The molecule has 0 bridgehead atoms. The van der Waals surface area contributed by atoms with Crippen molar-refractivity contribution in [3.63, 3.8) is 0 Å². The van der Waals surface area contributed by atoms with Crippen molar-refractivity contribution >= 4 is 35.6 Å². The largest absolute Gasteiger partial charge is 0.460 e. The van der Waals surface area contributed by atoms with Gasteiger partial charge in [0.1, 0.15) is 18.2 Å². The summed E-state index contributed by atoms with van der Waals surface area (Å²) in [7, 11) is 0. The van der Waals surface area contributed by atoms with Gasteiger partial charge in [0.25, 0.3) is 0 Å². The average Bonchev–Trinajstić information content (AvgIpc) is 3.23. The first-order valence-electron chi connectivity index (χ1n) is 26.9. The maximum atomic E-state index is 13.4. The lowest BCUT2D eigenvalue weighted by Gasteiger charge is -2.31. The molecule has 0 heterocycles. The van der Waals surface area contributed by atoms with E-state index in [1.807, 2.05) is 0 Å². The van der Waals surface area contributed by atoms with Crippen molar-refractivity contribution < 1.29 is 33.4 Å². The average molecular weight is 910 g/mol. The quantitative estimate of drug-likeness (QED) is 0.0278. The summed E-state index contributed by atoms with van der Waals surface area (Å²) in [5.41, 5.74) is -0.742. The summed E-state index contributed by atoms with van der Waals surface area (Å²) < 4.78 is 17.5. The molecule has 63 heavy (non-hydrogen) atoms. The van der Waals surface area contributed by atoms with Crippen molar-refractivity contribution in [3.05, 3.63) is 0 Å². The number of hydrogen-bond acceptors (Lipinski definition) is 8. The molecule has 0 rings (SSSR count). The molecule has 8 nitrogen and oxygen atoms in total. The highest BCUT2D eigenvalue weighted by Crippen LogP contribution is 2.30. The Morgan fingerprint density at radius 2 is 0.746 bits per heavy atom. The summed E-state index contributed by atoms with van der Waals surface area (Å²) in [6, 6.07) is -0.944. The van der Waals surface area contributed by atoms with E-state index >= 15 is 0 Å². The van der Waals surface area contributed by atoms with E-state index < -0.39 is 22.5 Å². The molecule has 0 aliphatic heterocycles. The fraction of sp³-hybridized carbons (Fsp3) is 0.926. The predicted molar refractivity (Wildman–Crippen MR) is 268 cm³/mol. The van der Waals surface area contributed by atoms with E-state index in [4.69, 9.17) is 14.2 Å². The molecule has 1 amide bonds. The first-order chi connectivity index (χ1) is 30.4. The van der Waals surface area contributed by atoms with Crippen LogP contribution in [0, 0.1) is 0 Å². The van der Waals surface area contributed by atoms with Crippen molar-refractivity contribution in [1.29, 1.82) is 0 Å². The topological polar surface area (TPSA) is 108 Å².